The Bertz CT molecular complexity index is 630. The van der Waals surface area contributed by atoms with Gasteiger partial charge in [-0.1, -0.05) is 46.0 Å². The van der Waals surface area contributed by atoms with Crippen LogP contribution in [0.1, 0.15) is 78.1 Å². The van der Waals surface area contributed by atoms with Crippen LogP contribution in [-0.4, -0.2) is 150 Å². The molecule has 0 aromatic rings. The Labute approximate surface area is 274 Å². The highest BCUT2D eigenvalue weighted by molar-refractivity contribution is 8.19. The SMILES string of the molecule is CCCCC(CC)COCC(O)CNCCCCCCN(CC(O)COCCCS(O)(O)O)CC(O)COCCCS(O)(O)O. The molecule has 0 saturated carbocycles. The Morgan fingerprint density at radius 2 is 1.16 bits per heavy atom. The van der Waals surface area contributed by atoms with Gasteiger partial charge in [0.05, 0.1) is 59.9 Å². The van der Waals surface area contributed by atoms with Gasteiger partial charge in [0.2, 0.25) is 0 Å². The van der Waals surface area contributed by atoms with E-state index in [2.05, 4.69) is 19.2 Å². The first-order chi connectivity index (χ1) is 21.3. The molecular formula is C29H66N2O12S2. The van der Waals surface area contributed by atoms with Gasteiger partial charge in [-0.05, 0) is 51.1 Å². The van der Waals surface area contributed by atoms with Crippen LogP contribution in [0.15, 0.2) is 0 Å². The molecule has 0 radical (unpaired) electrons. The summed E-state index contributed by atoms with van der Waals surface area (Å²) < 4.78 is 70.6. The van der Waals surface area contributed by atoms with Gasteiger partial charge in [-0.3, -0.25) is 4.90 Å². The van der Waals surface area contributed by atoms with Crippen LogP contribution in [0, 0.1) is 5.92 Å². The summed E-state index contributed by atoms with van der Waals surface area (Å²) in [4.78, 5) is 1.93. The number of nitrogens with zero attached hydrogens (tertiary/aromatic N) is 1. The molecule has 10 N–H and O–H groups in total. The lowest BCUT2D eigenvalue weighted by molar-refractivity contribution is -0.0102. The fourth-order valence-corrected chi connectivity index (χ4v) is 5.65. The summed E-state index contributed by atoms with van der Waals surface area (Å²) in [5, 5.41) is 34.4. The van der Waals surface area contributed by atoms with Gasteiger partial charge in [-0.2, -0.15) is 0 Å². The molecule has 4 unspecified atom stereocenters. The second-order valence-electron chi connectivity index (χ2n) is 11.8. The summed E-state index contributed by atoms with van der Waals surface area (Å²) in [6.45, 7) is 8.13. The average Bonchev–Trinajstić information content (AvgIpc) is 2.94. The number of aliphatic hydroxyl groups is 3. The zero-order valence-electron chi connectivity index (χ0n) is 27.6. The van der Waals surface area contributed by atoms with E-state index in [1.807, 2.05) is 4.90 Å². The molecule has 276 valence electrons. The lowest BCUT2D eigenvalue weighted by atomic mass is 10.0. The third-order valence-electron chi connectivity index (χ3n) is 7.14. The summed E-state index contributed by atoms with van der Waals surface area (Å²) >= 11 is 0. The first-order valence-corrected chi connectivity index (χ1v) is 19.8. The molecule has 0 aliphatic heterocycles. The second kappa shape index (κ2) is 28.0. The highest BCUT2D eigenvalue weighted by Gasteiger charge is 2.17. The summed E-state index contributed by atoms with van der Waals surface area (Å²) in [6, 6.07) is 0. The maximum absolute atomic E-state index is 10.5. The lowest BCUT2D eigenvalue weighted by Crippen LogP contribution is -2.41. The standard InChI is InChI=1S/C29H66N2O12S2/c1-3-5-12-26(4-2)22-43-23-27(32)19-30-13-8-6-7-9-14-31(20-28(33)24-41-15-10-17-44(35,36)37)21-29(34)25-42-16-11-18-45(38,39)40/h26-30,32-40H,3-25H2,1-2H3. The molecule has 0 rings (SSSR count). The molecule has 0 aromatic heterocycles. The van der Waals surface area contributed by atoms with Crippen molar-refractivity contribution in [2.45, 2.75) is 96.4 Å². The Morgan fingerprint density at radius 3 is 1.67 bits per heavy atom. The van der Waals surface area contributed by atoms with E-state index in [4.69, 9.17) is 41.5 Å². The van der Waals surface area contributed by atoms with Crippen LogP contribution in [0.2, 0.25) is 0 Å². The molecule has 14 nitrogen and oxygen atoms in total. The first-order valence-electron chi connectivity index (χ1n) is 16.4. The molecule has 0 aliphatic carbocycles. The van der Waals surface area contributed by atoms with Crippen LogP contribution < -0.4 is 5.32 Å². The number of hydrogen-bond acceptors (Lipinski definition) is 14. The van der Waals surface area contributed by atoms with Crippen molar-refractivity contribution in [3.05, 3.63) is 0 Å². The first kappa shape index (κ1) is 45.1. The average molecular weight is 699 g/mol. The molecule has 0 amide bonds. The van der Waals surface area contributed by atoms with Gasteiger partial charge in [0.1, 0.15) is 0 Å². The number of unbranched alkanes of at least 4 members (excludes halogenated alkanes) is 4. The molecule has 0 bridgehead atoms. The van der Waals surface area contributed by atoms with Crippen molar-refractivity contribution in [2.75, 3.05) is 83.9 Å². The Morgan fingerprint density at radius 1 is 0.622 bits per heavy atom. The monoisotopic (exact) mass is 698 g/mol. The van der Waals surface area contributed by atoms with Gasteiger partial charge in [0.15, 0.2) is 0 Å². The van der Waals surface area contributed by atoms with E-state index in [-0.39, 0.29) is 63.9 Å². The molecule has 0 aliphatic rings. The van der Waals surface area contributed by atoms with Gasteiger partial charge in [0, 0.05) is 51.0 Å². The van der Waals surface area contributed by atoms with Crippen LogP contribution in [0.3, 0.4) is 0 Å². The zero-order chi connectivity index (χ0) is 34.0. The van der Waals surface area contributed by atoms with Crippen molar-refractivity contribution in [3.8, 4) is 0 Å². The Hall–Kier alpha value is 0.140. The number of rotatable bonds is 33. The van der Waals surface area contributed by atoms with Crippen LogP contribution in [-0.2, 0) is 14.2 Å². The highest BCUT2D eigenvalue weighted by Crippen LogP contribution is 2.33. The van der Waals surface area contributed by atoms with Crippen molar-refractivity contribution in [2.24, 2.45) is 5.92 Å². The normalized spacial score (nSPS) is 16.2. The molecule has 16 heteroatoms. The molecule has 0 fully saturated rings. The van der Waals surface area contributed by atoms with E-state index in [1.54, 1.807) is 0 Å². The maximum atomic E-state index is 10.5. The van der Waals surface area contributed by atoms with E-state index < -0.39 is 40.1 Å². The smallest absolute Gasteiger partial charge is 0.0900 e. The van der Waals surface area contributed by atoms with E-state index in [1.165, 1.54) is 19.3 Å². The van der Waals surface area contributed by atoms with E-state index in [0.717, 1.165) is 38.6 Å². The van der Waals surface area contributed by atoms with Crippen molar-refractivity contribution in [1.82, 2.24) is 10.2 Å². The van der Waals surface area contributed by atoms with Crippen molar-refractivity contribution in [1.29, 1.82) is 0 Å². The zero-order valence-corrected chi connectivity index (χ0v) is 29.2. The van der Waals surface area contributed by atoms with Gasteiger partial charge >= 0.3 is 0 Å². The Kier molecular flexibility index (Phi) is 28.1. The quantitative estimate of drug-likeness (QED) is 0.0437. The van der Waals surface area contributed by atoms with E-state index in [0.29, 0.717) is 32.2 Å². The lowest BCUT2D eigenvalue weighted by Gasteiger charge is -2.27. The molecule has 0 heterocycles. The summed E-state index contributed by atoms with van der Waals surface area (Å²) in [6.07, 6.45) is 6.62. The topological polar surface area (TPSA) is 225 Å². The fourth-order valence-electron chi connectivity index (χ4n) is 4.64. The van der Waals surface area contributed by atoms with E-state index in [9.17, 15) is 15.3 Å². The predicted molar refractivity (Wildman–Crippen MR) is 181 cm³/mol. The van der Waals surface area contributed by atoms with Gasteiger partial charge in [-0.15, -0.1) is 0 Å². The Balaban J connectivity index is 4.32. The molecule has 45 heavy (non-hydrogen) atoms. The summed E-state index contributed by atoms with van der Waals surface area (Å²) in [5.41, 5.74) is 0. The summed E-state index contributed by atoms with van der Waals surface area (Å²) in [7, 11) is -7.11. The number of aliphatic hydroxyl groups excluding tert-OH is 3. The molecule has 4 atom stereocenters. The van der Waals surface area contributed by atoms with Crippen LogP contribution in [0.4, 0.5) is 0 Å². The van der Waals surface area contributed by atoms with Gasteiger partial charge in [0.25, 0.3) is 0 Å². The highest BCUT2D eigenvalue weighted by atomic mass is 32.3. The molecule has 0 spiro atoms. The minimum Gasteiger partial charge on any atom is -0.389 e. The molecular weight excluding hydrogens is 632 g/mol. The fraction of sp³-hybridized carbons (Fsp3) is 1.00. The van der Waals surface area contributed by atoms with Gasteiger partial charge in [-0.25, -0.2) is 0 Å². The minimum absolute atomic E-state index is 0.0158. The third-order valence-corrected chi connectivity index (χ3v) is 8.81. The largest absolute Gasteiger partial charge is 0.389 e. The number of hydrogen-bond donors (Lipinski definition) is 10. The van der Waals surface area contributed by atoms with Crippen LogP contribution in [0.5, 0.6) is 0 Å². The number of nitrogens with one attached hydrogen (secondary N) is 1. The summed E-state index contributed by atoms with van der Waals surface area (Å²) in [5.74, 6) is 0.169. The maximum Gasteiger partial charge on any atom is 0.0900 e. The van der Waals surface area contributed by atoms with Crippen molar-refractivity contribution in [3.63, 3.8) is 0 Å². The minimum atomic E-state index is -3.56. The molecule has 0 saturated heterocycles. The van der Waals surface area contributed by atoms with Crippen LogP contribution >= 0.6 is 21.7 Å². The predicted octanol–water partition coefficient (Wildman–Crippen LogP) is 4.01. The van der Waals surface area contributed by atoms with Crippen LogP contribution in [0.25, 0.3) is 0 Å². The van der Waals surface area contributed by atoms with Crippen molar-refractivity contribution < 1.29 is 56.8 Å². The van der Waals surface area contributed by atoms with Gasteiger partial charge < -0.3 is 62.2 Å². The second-order valence-corrected chi connectivity index (χ2v) is 15.2. The van der Waals surface area contributed by atoms with E-state index >= 15 is 0 Å². The number of ether oxygens (including phenoxy) is 3. The third kappa shape index (κ3) is 32.5. The van der Waals surface area contributed by atoms with Crippen molar-refractivity contribution >= 4 is 21.7 Å². The molecule has 0 aromatic carbocycles.